The van der Waals surface area contributed by atoms with E-state index in [0.29, 0.717) is 30.2 Å². The molecule has 138 valence electrons. The fourth-order valence-electron chi connectivity index (χ4n) is 2.66. The smallest absolute Gasteiger partial charge is 0.228 e. The van der Waals surface area contributed by atoms with Crippen molar-refractivity contribution in [1.82, 2.24) is 10.2 Å². The first kappa shape index (κ1) is 19.1. The largest absolute Gasteiger partial charge is 0.493 e. The van der Waals surface area contributed by atoms with Crippen LogP contribution in [0.25, 0.3) is 0 Å². The first-order valence-electron chi connectivity index (χ1n) is 8.41. The lowest BCUT2D eigenvalue weighted by molar-refractivity contribution is -0.125. The highest BCUT2D eigenvalue weighted by Gasteiger charge is 2.47. The zero-order valence-corrected chi connectivity index (χ0v) is 15.3. The summed E-state index contributed by atoms with van der Waals surface area (Å²) >= 11 is 0. The van der Waals surface area contributed by atoms with Crippen LogP contribution in [-0.2, 0) is 9.59 Å². The SMILES string of the molecule is COc1ccc(NC(=O)C2CC2C(=O)NCCCN(C)C)cc1OC. The number of nitrogens with zero attached hydrogens (tertiary/aromatic N) is 1. The molecule has 1 aromatic rings. The van der Waals surface area contributed by atoms with Crippen molar-refractivity contribution >= 4 is 17.5 Å². The van der Waals surface area contributed by atoms with Crippen LogP contribution >= 0.6 is 0 Å². The Bertz CT molecular complexity index is 618. The summed E-state index contributed by atoms with van der Waals surface area (Å²) in [6.07, 6.45) is 1.49. The Morgan fingerprint density at radius 3 is 2.44 bits per heavy atom. The molecule has 25 heavy (non-hydrogen) atoms. The van der Waals surface area contributed by atoms with E-state index in [1.807, 2.05) is 14.1 Å². The fraction of sp³-hybridized carbons (Fsp3) is 0.556. The van der Waals surface area contributed by atoms with Gasteiger partial charge in [-0.05, 0) is 45.6 Å². The van der Waals surface area contributed by atoms with Crippen molar-refractivity contribution in [2.75, 3.05) is 46.7 Å². The second-order valence-electron chi connectivity index (χ2n) is 6.46. The van der Waals surface area contributed by atoms with Crippen LogP contribution in [0.4, 0.5) is 5.69 Å². The summed E-state index contributed by atoms with van der Waals surface area (Å²) in [4.78, 5) is 26.4. The van der Waals surface area contributed by atoms with E-state index in [0.717, 1.165) is 13.0 Å². The van der Waals surface area contributed by atoms with Crippen molar-refractivity contribution in [3.05, 3.63) is 18.2 Å². The molecule has 1 saturated carbocycles. The number of hydrogen-bond acceptors (Lipinski definition) is 5. The van der Waals surface area contributed by atoms with Crippen molar-refractivity contribution in [2.24, 2.45) is 11.8 Å². The second kappa shape index (κ2) is 8.71. The van der Waals surface area contributed by atoms with E-state index in [1.54, 1.807) is 32.4 Å². The van der Waals surface area contributed by atoms with Crippen LogP contribution in [0.1, 0.15) is 12.8 Å². The van der Waals surface area contributed by atoms with Gasteiger partial charge in [-0.15, -0.1) is 0 Å². The Kier molecular flexibility index (Phi) is 6.64. The van der Waals surface area contributed by atoms with Gasteiger partial charge in [0.15, 0.2) is 11.5 Å². The molecule has 0 radical (unpaired) electrons. The molecule has 0 spiro atoms. The predicted octanol–water partition coefficient (Wildman–Crippen LogP) is 1.35. The van der Waals surface area contributed by atoms with Gasteiger partial charge in [0.25, 0.3) is 0 Å². The van der Waals surface area contributed by atoms with Gasteiger partial charge in [0.05, 0.1) is 26.1 Å². The summed E-state index contributed by atoms with van der Waals surface area (Å²) in [7, 11) is 7.09. The third-order valence-corrected chi connectivity index (χ3v) is 4.20. The topological polar surface area (TPSA) is 79.9 Å². The molecule has 1 aliphatic rings. The molecule has 0 aliphatic heterocycles. The summed E-state index contributed by atoms with van der Waals surface area (Å²) in [5, 5.41) is 5.74. The van der Waals surface area contributed by atoms with Crippen molar-refractivity contribution < 1.29 is 19.1 Å². The number of benzene rings is 1. The lowest BCUT2D eigenvalue weighted by Crippen LogP contribution is -2.30. The van der Waals surface area contributed by atoms with Gasteiger partial charge in [-0.2, -0.15) is 0 Å². The molecule has 0 bridgehead atoms. The monoisotopic (exact) mass is 349 g/mol. The van der Waals surface area contributed by atoms with Gasteiger partial charge < -0.3 is 25.0 Å². The Morgan fingerprint density at radius 2 is 1.80 bits per heavy atom. The van der Waals surface area contributed by atoms with Gasteiger partial charge in [0.2, 0.25) is 11.8 Å². The molecule has 2 unspecified atom stereocenters. The minimum Gasteiger partial charge on any atom is -0.493 e. The molecule has 2 rings (SSSR count). The molecule has 1 aromatic carbocycles. The highest BCUT2D eigenvalue weighted by molar-refractivity contribution is 5.99. The summed E-state index contributed by atoms with van der Waals surface area (Å²) < 4.78 is 10.4. The molecule has 2 atom stereocenters. The van der Waals surface area contributed by atoms with Crippen LogP contribution < -0.4 is 20.1 Å². The fourth-order valence-corrected chi connectivity index (χ4v) is 2.66. The zero-order chi connectivity index (χ0) is 18.4. The van der Waals surface area contributed by atoms with Gasteiger partial charge in [0, 0.05) is 18.3 Å². The van der Waals surface area contributed by atoms with Crippen molar-refractivity contribution in [1.29, 1.82) is 0 Å². The lowest BCUT2D eigenvalue weighted by Gasteiger charge is -2.11. The van der Waals surface area contributed by atoms with Gasteiger partial charge >= 0.3 is 0 Å². The van der Waals surface area contributed by atoms with E-state index >= 15 is 0 Å². The van der Waals surface area contributed by atoms with Crippen molar-refractivity contribution in [3.8, 4) is 11.5 Å². The maximum Gasteiger partial charge on any atom is 0.228 e. The molecule has 1 fully saturated rings. The zero-order valence-electron chi connectivity index (χ0n) is 15.3. The average molecular weight is 349 g/mol. The molecule has 0 saturated heterocycles. The summed E-state index contributed by atoms with van der Waals surface area (Å²) in [5.74, 6) is 0.488. The van der Waals surface area contributed by atoms with E-state index in [1.165, 1.54) is 0 Å². The highest BCUT2D eigenvalue weighted by Crippen LogP contribution is 2.40. The summed E-state index contributed by atoms with van der Waals surface area (Å²) in [6, 6.07) is 5.18. The van der Waals surface area contributed by atoms with Crippen LogP contribution in [0.3, 0.4) is 0 Å². The van der Waals surface area contributed by atoms with E-state index in [-0.39, 0.29) is 23.7 Å². The van der Waals surface area contributed by atoms with Crippen LogP contribution in [0, 0.1) is 11.8 Å². The van der Waals surface area contributed by atoms with Gasteiger partial charge in [-0.1, -0.05) is 0 Å². The normalized spacial score (nSPS) is 18.6. The molecular formula is C18H27N3O4. The van der Waals surface area contributed by atoms with Crippen LogP contribution in [0.15, 0.2) is 18.2 Å². The molecule has 1 aliphatic carbocycles. The molecule has 0 aromatic heterocycles. The Balaban J connectivity index is 1.80. The quantitative estimate of drug-likeness (QED) is 0.658. The number of methoxy groups -OCH3 is 2. The Labute approximate surface area is 148 Å². The maximum atomic E-state index is 12.3. The molecule has 2 N–H and O–H groups in total. The van der Waals surface area contributed by atoms with E-state index < -0.39 is 0 Å². The molecule has 7 heteroatoms. The number of rotatable bonds is 9. The highest BCUT2D eigenvalue weighted by atomic mass is 16.5. The second-order valence-corrected chi connectivity index (χ2v) is 6.46. The van der Waals surface area contributed by atoms with Gasteiger partial charge in [-0.3, -0.25) is 9.59 Å². The molecule has 0 heterocycles. The number of amides is 2. The number of nitrogens with one attached hydrogen (secondary N) is 2. The lowest BCUT2D eigenvalue weighted by atomic mass is 10.2. The van der Waals surface area contributed by atoms with E-state index in [4.69, 9.17) is 9.47 Å². The Morgan fingerprint density at radius 1 is 1.12 bits per heavy atom. The van der Waals surface area contributed by atoms with Crippen LogP contribution in [0.5, 0.6) is 11.5 Å². The summed E-state index contributed by atoms with van der Waals surface area (Å²) in [6.45, 7) is 1.56. The standard InChI is InChI=1S/C18H27N3O4/c1-21(2)9-5-8-19-17(22)13-11-14(13)18(23)20-12-6-7-15(24-3)16(10-12)25-4/h6-7,10,13-14H,5,8-9,11H2,1-4H3,(H,19,22)(H,20,23). The van der Waals surface area contributed by atoms with Gasteiger partial charge in [-0.25, -0.2) is 0 Å². The number of anilines is 1. The van der Waals surface area contributed by atoms with Crippen molar-refractivity contribution in [3.63, 3.8) is 0 Å². The number of carbonyl (C=O) groups is 2. The maximum absolute atomic E-state index is 12.3. The minimum absolute atomic E-state index is 0.0359. The molecule has 7 nitrogen and oxygen atoms in total. The van der Waals surface area contributed by atoms with Gasteiger partial charge in [0.1, 0.15) is 0 Å². The molecular weight excluding hydrogens is 322 g/mol. The summed E-state index contributed by atoms with van der Waals surface area (Å²) in [5.41, 5.74) is 0.625. The minimum atomic E-state index is -0.262. The third-order valence-electron chi connectivity index (χ3n) is 4.20. The Hall–Kier alpha value is -2.28. The first-order valence-corrected chi connectivity index (χ1v) is 8.41. The average Bonchev–Trinajstić information content (AvgIpc) is 3.39. The van der Waals surface area contributed by atoms with Crippen LogP contribution in [-0.4, -0.2) is 58.1 Å². The first-order chi connectivity index (χ1) is 12.0. The predicted molar refractivity (Wildman–Crippen MR) is 96.0 cm³/mol. The van der Waals surface area contributed by atoms with Crippen molar-refractivity contribution in [2.45, 2.75) is 12.8 Å². The third kappa shape index (κ3) is 5.35. The number of carbonyl (C=O) groups excluding carboxylic acids is 2. The van der Waals surface area contributed by atoms with E-state index in [9.17, 15) is 9.59 Å². The number of ether oxygens (including phenoxy) is 2. The van der Waals surface area contributed by atoms with E-state index in [2.05, 4.69) is 15.5 Å². The molecule has 2 amide bonds. The number of hydrogen-bond donors (Lipinski definition) is 2. The van der Waals surface area contributed by atoms with Crippen LogP contribution in [0.2, 0.25) is 0 Å².